The van der Waals surface area contributed by atoms with Crippen LogP contribution in [-0.4, -0.2) is 61.1 Å². The van der Waals surface area contributed by atoms with Crippen LogP contribution in [0.3, 0.4) is 0 Å². The molecule has 1 rings (SSSR count). The summed E-state index contributed by atoms with van der Waals surface area (Å²) < 4.78 is 0. The predicted molar refractivity (Wildman–Crippen MR) is 101 cm³/mol. The second kappa shape index (κ2) is 10.2. The second-order valence-corrected chi connectivity index (χ2v) is 6.00. The summed E-state index contributed by atoms with van der Waals surface area (Å²) in [5, 5.41) is 6.89. The molecule has 5 nitrogen and oxygen atoms in total. The molecule has 0 aromatic heterocycles. The molecular formula is C17H28N4OS. The van der Waals surface area contributed by atoms with Gasteiger partial charge in [-0.15, -0.1) is 0 Å². The maximum absolute atomic E-state index is 12.4. The first-order valence-electron chi connectivity index (χ1n) is 8.06. The van der Waals surface area contributed by atoms with E-state index in [1.807, 2.05) is 38.1 Å². The molecule has 0 spiro atoms. The average molecular weight is 337 g/mol. The van der Waals surface area contributed by atoms with Gasteiger partial charge in [0.15, 0.2) is 5.11 Å². The number of anilines is 1. The highest BCUT2D eigenvalue weighted by Crippen LogP contribution is 2.13. The Balaban J connectivity index is 2.56. The van der Waals surface area contributed by atoms with E-state index >= 15 is 0 Å². The van der Waals surface area contributed by atoms with Gasteiger partial charge in [-0.3, -0.25) is 4.79 Å². The van der Waals surface area contributed by atoms with Crippen LogP contribution in [-0.2, 0) is 0 Å². The van der Waals surface area contributed by atoms with Gasteiger partial charge >= 0.3 is 0 Å². The van der Waals surface area contributed by atoms with Crippen molar-refractivity contribution in [3.63, 3.8) is 0 Å². The minimum Gasteiger partial charge on any atom is -0.362 e. The molecule has 23 heavy (non-hydrogen) atoms. The van der Waals surface area contributed by atoms with Crippen LogP contribution in [0.5, 0.6) is 0 Å². The molecule has 0 atom stereocenters. The summed E-state index contributed by atoms with van der Waals surface area (Å²) in [6.07, 6.45) is 1.02. The molecule has 0 aliphatic rings. The summed E-state index contributed by atoms with van der Waals surface area (Å²) in [5.74, 6) is 0.0449. The summed E-state index contributed by atoms with van der Waals surface area (Å²) in [6.45, 7) is 7.22. The number of rotatable bonds is 8. The Morgan fingerprint density at radius 2 is 1.91 bits per heavy atom. The van der Waals surface area contributed by atoms with E-state index in [4.69, 9.17) is 12.2 Å². The number of amides is 1. The Morgan fingerprint density at radius 1 is 1.22 bits per heavy atom. The minimum atomic E-state index is 0.0449. The molecule has 6 heteroatoms. The van der Waals surface area contributed by atoms with Crippen LogP contribution in [0.25, 0.3) is 0 Å². The highest BCUT2D eigenvalue weighted by molar-refractivity contribution is 7.80. The van der Waals surface area contributed by atoms with Gasteiger partial charge in [0.25, 0.3) is 5.91 Å². The molecule has 0 aliphatic carbocycles. The minimum absolute atomic E-state index is 0.0449. The van der Waals surface area contributed by atoms with Crippen LogP contribution in [0.2, 0.25) is 0 Å². The fraction of sp³-hybridized carbons (Fsp3) is 0.529. The van der Waals surface area contributed by atoms with Gasteiger partial charge in [0.05, 0.1) is 0 Å². The normalized spacial score (nSPS) is 10.5. The first-order chi connectivity index (χ1) is 11.0. The highest BCUT2D eigenvalue weighted by Gasteiger charge is 2.12. The number of carbonyl (C=O) groups is 1. The molecule has 0 unspecified atom stereocenters. The molecule has 0 bridgehead atoms. The molecule has 0 heterocycles. The molecule has 128 valence electrons. The van der Waals surface area contributed by atoms with Gasteiger partial charge in [-0.25, -0.2) is 0 Å². The van der Waals surface area contributed by atoms with Crippen LogP contribution >= 0.6 is 12.2 Å². The summed E-state index contributed by atoms with van der Waals surface area (Å²) in [4.78, 5) is 16.3. The van der Waals surface area contributed by atoms with Crippen molar-refractivity contribution < 1.29 is 4.79 Å². The van der Waals surface area contributed by atoms with E-state index in [0.717, 1.165) is 25.2 Å². The fourth-order valence-corrected chi connectivity index (χ4v) is 2.42. The Morgan fingerprint density at radius 3 is 2.52 bits per heavy atom. The highest BCUT2D eigenvalue weighted by atomic mass is 32.1. The van der Waals surface area contributed by atoms with Gasteiger partial charge in [-0.2, -0.15) is 0 Å². The van der Waals surface area contributed by atoms with Gasteiger partial charge in [0.1, 0.15) is 0 Å². The van der Waals surface area contributed by atoms with Crippen molar-refractivity contribution in [2.75, 3.05) is 45.6 Å². The summed E-state index contributed by atoms with van der Waals surface area (Å²) in [6, 6.07) is 7.45. The van der Waals surface area contributed by atoms with Gasteiger partial charge in [0.2, 0.25) is 0 Å². The summed E-state index contributed by atoms with van der Waals surface area (Å²) in [7, 11) is 4.10. The number of carbonyl (C=O) groups excluding carboxylic acids is 1. The molecular weight excluding hydrogens is 308 g/mol. The van der Waals surface area contributed by atoms with Gasteiger partial charge in [-0.1, -0.05) is 6.07 Å². The largest absolute Gasteiger partial charge is 0.362 e. The lowest BCUT2D eigenvalue weighted by Gasteiger charge is -2.19. The number of hydrogen-bond acceptors (Lipinski definition) is 3. The lowest BCUT2D eigenvalue weighted by atomic mass is 10.1. The predicted octanol–water partition coefficient (Wildman–Crippen LogP) is 2.41. The molecule has 1 amide bonds. The fourth-order valence-electron chi connectivity index (χ4n) is 2.20. The molecule has 1 aromatic rings. The monoisotopic (exact) mass is 336 g/mol. The first kappa shape index (κ1) is 19.4. The van der Waals surface area contributed by atoms with E-state index in [-0.39, 0.29) is 5.91 Å². The molecule has 0 saturated carbocycles. The van der Waals surface area contributed by atoms with Crippen LogP contribution in [0.4, 0.5) is 5.69 Å². The zero-order valence-electron chi connectivity index (χ0n) is 14.6. The Labute approximate surface area is 145 Å². The lowest BCUT2D eigenvalue weighted by Crippen LogP contribution is -2.31. The van der Waals surface area contributed by atoms with E-state index in [9.17, 15) is 4.79 Å². The van der Waals surface area contributed by atoms with Gasteiger partial charge in [-0.05, 0) is 71.3 Å². The molecule has 0 fully saturated rings. The summed E-state index contributed by atoms with van der Waals surface area (Å²) in [5.41, 5.74) is 1.50. The third-order valence-corrected chi connectivity index (χ3v) is 3.73. The van der Waals surface area contributed by atoms with Crippen molar-refractivity contribution in [3.8, 4) is 0 Å². The Bertz CT molecular complexity index is 515. The van der Waals surface area contributed by atoms with Crippen molar-refractivity contribution in [1.29, 1.82) is 0 Å². The molecule has 0 radical (unpaired) electrons. The van der Waals surface area contributed by atoms with Crippen LogP contribution in [0.15, 0.2) is 24.3 Å². The number of thiocarbonyl (C=S) groups is 1. The van der Waals surface area contributed by atoms with Gasteiger partial charge in [0, 0.05) is 30.9 Å². The average Bonchev–Trinajstić information content (AvgIpc) is 2.52. The van der Waals surface area contributed by atoms with Crippen molar-refractivity contribution in [2.45, 2.75) is 20.3 Å². The maximum atomic E-state index is 12.4. The van der Waals surface area contributed by atoms with Crippen molar-refractivity contribution >= 4 is 28.9 Å². The van der Waals surface area contributed by atoms with E-state index in [1.165, 1.54) is 0 Å². The van der Waals surface area contributed by atoms with Crippen LogP contribution in [0.1, 0.15) is 30.6 Å². The Hall–Kier alpha value is -1.66. The zero-order valence-corrected chi connectivity index (χ0v) is 15.4. The van der Waals surface area contributed by atoms with Crippen molar-refractivity contribution in [3.05, 3.63) is 29.8 Å². The second-order valence-electron chi connectivity index (χ2n) is 5.60. The number of nitrogens with zero attached hydrogens (tertiary/aromatic N) is 2. The molecule has 1 aromatic carbocycles. The van der Waals surface area contributed by atoms with E-state index < -0.39 is 0 Å². The van der Waals surface area contributed by atoms with Crippen LogP contribution < -0.4 is 10.6 Å². The van der Waals surface area contributed by atoms with E-state index in [0.29, 0.717) is 23.8 Å². The number of nitrogens with one attached hydrogen (secondary N) is 2. The quantitative estimate of drug-likeness (QED) is 0.564. The van der Waals surface area contributed by atoms with Crippen molar-refractivity contribution in [2.24, 2.45) is 0 Å². The van der Waals surface area contributed by atoms with E-state index in [1.54, 1.807) is 4.90 Å². The number of hydrogen-bond donors (Lipinski definition) is 2. The van der Waals surface area contributed by atoms with Crippen LogP contribution in [0, 0.1) is 0 Å². The zero-order chi connectivity index (χ0) is 17.2. The molecule has 0 aliphatic heterocycles. The summed E-state index contributed by atoms with van der Waals surface area (Å²) >= 11 is 5.29. The molecule has 2 N–H and O–H groups in total. The SMILES string of the molecule is CCN(CC)C(=O)c1cccc(NC(=S)NCCCN(C)C)c1. The maximum Gasteiger partial charge on any atom is 0.253 e. The lowest BCUT2D eigenvalue weighted by molar-refractivity contribution is 0.0773. The standard InChI is InChI=1S/C17H28N4OS/c1-5-21(6-2)16(22)14-9-7-10-15(13-14)19-17(23)18-11-8-12-20(3)4/h7,9-10,13H,5-6,8,11-12H2,1-4H3,(H2,18,19,23). The Kier molecular flexibility index (Phi) is 8.58. The third-order valence-electron chi connectivity index (χ3n) is 3.49. The van der Waals surface area contributed by atoms with Crippen molar-refractivity contribution in [1.82, 2.24) is 15.1 Å². The first-order valence-corrected chi connectivity index (χ1v) is 8.47. The third kappa shape index (κ3) is 6.97. The number of benzene rings is 1. The smallest absolute Gasteiger partial charge is 0.253 e. The van der Waals surface area contributed by atoms with Gasteiger partial charge < -0.3 is 20.4 Å². The van der Waals surface area contributed by atoms with E-state index in [2.05, 4.69) is 29.6 Å². The molecule has 0 saturated heterocycles. The topological polar surface area (TPSA) is 47.6 Å².